The predicted octanol–water partition coefficient (Wildman–Crippen LogP) is 1.81. The van der Waals surface area contributed by atoms with Crippen molar-refractivity contribution in [2.75, 3.05) is 13.1 Å². The standard InChI is InChI=1S/C12H19N3/c1-3-4-11-7-9(2)14-12(15-11)10-5-6-13-8-10/h7,10,13H,3-6,8H2,1-2H3. The molecule has 1 atom stereocenters. The molecule has 0 amide bonds. The van der Waals surface area contributed by atoms with E-state index in [-0.39, 0.29) is 0 Å². The molecule has 1 aromatic rings. The number of hydrogen-bond donors (Lipinski definition) is 1. The second-order valence-electron chi connectivity index (χ2n) is 4.30. The van der Waals surface area contributed by atoms with Gasteiger partial charge in [-0.2, -0.15) is 0 Å². The Hall–Kier alpha value is -0.960. The first kappa shape index (κ1) is 10.6. The fourth-order valence-corrected chi connectivity index (χ4v) is 2.10. The van der Waals surface area contributed by atoms with Gasteiger partial charge in [-0.25, -0.2) is 9.97 Å². The molecule has 0 radical (unpaired) electrons. The van der Waals surface area contributed by atoms with E-state index in [0.29, 0.717) is 5.92 Å². The lowest BCUT2D eigenvalue weighted by Gasteiger charge is -2.09. The van der Waals surface area contributed by atoms with Gasteiger partial charge in [-0.3, -0.25) is 0 Å². The number of rotatable bonds is 3. The minimum absolute atomic E-state index is 0.528. The maximum absolute atomic E-state index is 4.65. The van der Waals surface area contributed by atoms with Gasteiger partial charge in [-0.05, 0) is 32.4 Å². The molecule has 15 heavy (non-hydrogen) atoms. The summed E-state index contributed by atoms with van der Waals surface area (Å²) in [6, 6.07) is 2.11. The van der Waals surface area contributed by atoms with Crippen LogP contribution in [0.1, 0.15) is 42.9 Å². The Kier molecular flexibility index (Phi) is 3.31. The summed E-state index contributed by atoms with van der Waals surface area (Å²) in [5.41, 5.74) is 2.31. The van der Waals surface area contributed by atoms with Crippen molar-refractivity contribution >= 4 is 0 Å². The van der Waals surface area contributed by atoms with E-state index in [1.165, 1.54) is 12.1 Å². The molecule has 1 aliphatic heterocycles. The second-order valence-corrected chi connectivity index (χ2v) is 4.30. The minimum atomic E-state index is 0.528. The number of hydrogen-bond acceptors (Lipinski definition) is 3. The normalized spacial score (nSPS) is 20.8. The highest BCUT2D eigenvalue weighted by Gasteiger charge is 2.19. The summed E-state index contributed by atoms with van der Waals surface area (Å²) in [7, 11) is 0. The fourth-order valence-electron chi connectivity index (χ4n) is 2.10. The van der Waals surface area contributed by atoms with Crippen molar-refractivity contribution in [2.45, 2.75) is 39.0 Å². The van der Waals surface area contributed by atoms with Crippen LogP contribution < -0.4 is 5.32 Å². The smallest absolute Gasteiger partial charge is 0.133 e. The summed E-state index contributed by atoms with van der Waals surface area (Å²) < 4.78 is 0. The van der Waals surface area contributed by atoms with Gasteiger partial charge in [-0.1, -0.05) is 13.3 Å². The monoisotopic (exact) mass is 205 g/mol. The Morgan fingerprint density at radius 1 is 1.47 bits per heavy atom. The van der Waals surface area contributed by atoms with Gasteiger partial charge in [0.15, 0.2) is 0 Å². The number of aryl methyl sites for hydroxylation is 2. The van der Waals surface area contributed by atoms with Crippen LogP contribution in [-0.2, 0) is 6.42 Å². The second kappa shape index (κ2) is 4.71. The van der Waals surface area contributed by atoms with Gasteiger partial charge < -0.3 is 5.32 Å². The van der Waals surface area contributed by atoms with Crippen molar-refractivity contribution in [3.8, 4) is 0 Å². The third kappa shape index (κ3) is 2.53. The molecule has 1 aromatic heterocycles. The molecule has 1 saturated heterocycles. The van der Waals surface area contributed by atoms with E-state index < -0.39 is 0 Å². The molecule has 0 aliphatic carbocycles. The first-order valence-corrected chi connectivity index (χ1v) is 5.84. The van der Waals surface area contributed by atoms with Crippen molar-refractivity contribution in [3.63, 3.8) is 0 Å². The van der Waals surface area contributed by atoms with Gasteiger partial charge >= 0.3 is 0 Å². The minimum Gasteiger partial charge on any atom is -0.316 e. The van der Waals surface area contributed by atoms with Gasteiger partial charge in [0.05, 0.1) is 0 Å². The third-order valence-corrected chi connectivity index (χ3v) is 2.86. The SMILES string of the molecule is CCCc1cc(C)nc(C2CCNC2)n1. The molecule has 1 unspecified atom stereocenters. The largest absolute Gasteiger partial charge is 0.316 e. The third-order valence-electron chi connectivity index (χ3n) is 2.86. The maximum atomic E-state index is 4.65. The van der Waals surface area contributed by atoms with Gasteiger partial charge in [-0.15, -0.1) is 0 Å². The molecule has 1 N–H and O–H groups in total. The number of nitrogens with one attached hydrogen (secondary N) is 1. The lowest BCUT2D eigenvalue weighted by molar-refractivity contribution is 0.684. The Morgan fingerprint density at radius 3 is 3.00 bits per heavy atom. The van der Waals surface area contributed by atoms with Crippen LogP contribution in [0.5, 0.6) is 0 Å². The van der Waals surface area contributed by atoms with Crippen molar-refractivity contribution in [2.24, 2.45) is 0 Å². The van der Waals surface area contributed by atoms with E-state index in [1.54, 1.807) is 0 Å². The molecule has 2 heterocycles. The van der Waals surface area contributed by atoms with Crippen LogP contribution in [-0.4, -0.2) is 23.1 Å². The van der Waals surface area contributed by atoms with Crippen LogP contribution in [0.25, 0.3) is 0 Å². The first-order chi connectivity index (χ1) is 7.29. The van der Waals surface area contributed by atoms with E-state index in [0.717, 1.165) is 37.4 Å². The molecular weight excluding hydrogens is 186 g/mol. The van der Waals surface area contributed by atoms with Crippen molar-refractivity contribution in [1.82, 2.24) is 15.3 Å². The van der Waals surface area contributed by atoms with Gasteiger partial charge in [0.2, 0.25) is 0 Å². The highest BCUT2D eigenvalue weighted by Crippen LogP contribution is 2.19. The van der Waals surface area contributed by atoms with Crippen LogP contribution in [0.3, 0.4) is 0 Å². The lowest BCUT2D eigenvalue weighted by Crippen LogP contribution is -2.11. The molecule has 0 saturated carbocycles. The number of aromatic nitrogens is 2. The Labute approximate surface area is 91.3 Å². The summed E-state index contributed by atoms with van der Waals surface area (Å²) in [6.45, 7) is 6.39. The average Bonchev–Trinajstić information content (AvgIpc) is 2.70. The molecule has 1 aliphatic rings. The zero-order valence-corrected chi connectivity index (χ0v) is 9.58. The average molecular weight is 205 g/mol. The molecule has 1 fully saturated rings. The van der Waals surface area contributed by atoms with Crippen molar-refractivity contribution in [1.29, 1.82) is 0 Å². The first-order valence-electron chi connectivity index (χ1n) is 5.84. The van der Waals surface area contributed by atoms with Crippen LogP contribution >= 0.6 is 0 Å². The van der Waals surface area contributed by atoms with E-state index in [2.05, 4.69) is 35.2 Å². The molecule has 0 bridgehead atoms. The number of nitrogens with zero attached hydrogens (tertiary/aromatic N) is 2. The maximum Gasteiger partial charge on any atom is 0.133 e. The molecule has 2 rings (SSSR count). The van der Waals surface area contributed by atoms with E-state index in [9.17, 15) is 0 Å². The molecule has 0 aromatic carbocycles. The van der Waals surface area contributed by atoms with Crippen LogP contribution in [0.4, 0.5) is 0 Å². The molecule has 82 valence electrons. The van der Waals surface area contributed by atoms with Crippen molar-refractivity contribution < 1.29 is 0 Å². The molecular formula is C12H19N3. The lowest BCUT2D eigenvalue weighted by atomic mass is 10.1. The molecule has 3 nitrogen and oxygen atoms in total. The quantitative estimate of drug-likeness (QED) is 0.818. The predicted molar refractivity (Wildman–Crippen MR) is 61.0 cm³/mol. The zero-order valence-electron chi connectivity index (χ0n) is 9.58. The topological polar surface area (TPSA) is 37.8 Å². The van der Waals surface area contributed by atoms with Gasteiger partial charge in [0, 0.05) is 23.9 Å². The van der Waals surface area contributed by atoms with E-state index >= 15 is 0 Å². The van der Waals surface area contributed by atoms with E-state index in [1.807, 2.05) is 0 Å². The Balaban J connectivity index is 2.22. The fraction of sp³-hybridized carbons (Fsp3) is 0.667. The highest BCUT2D eigenvalue weighted by atomic mass is 15.0. The summed E-state index contributed by atoms with van der Waals surface area (Å²) in [6.07, 6.45) is 3.39. The van der Waals surface area contributed by atoms with Crippen LogP contribution in [0.15, 0.2) is 6.07 Å². The highest BCUT2D eigenvalue weighted by molar-refractivity contribution is 5.13. The van der Waals surface area contributed by atoms with Crippen LogP contribution in [0.2, 0.25) is 0 Å². The van der Waals surface area contributed by atoms with Gasteiger partial charge in [0.1, 0.15) is 5.82 Å². The Morgan fingerprint density at radius 2 is 2.33 bits per heavy atom. The zero-order chi connectivity index (χ0) is 10.7. The van der Waals surface area contributed by atoms with Crippen molar-refractivity contribution in [3.05, 3.63) is 23.3 Å². The van der Waals surface area contributed by atoms with Crippen LogP contribution in [0, 0.1) is 6.92 Å². The summed E-state index contributed by atoms with van der Waals surface area (Å²) in [5, 5.41) is 3.36. The van der Waals surface area contributed by atoms with E-state index in [4.69, 9.17) is 0 Å². The summed E-state index contributed by atoms with van der Waals surface area (Å²) >= 11 is 0. The summed E-state index contributed by atoms with van der Waals surface area (Å²) in [5.74, 6) is 1.57. The molecule has 3 heteroatoms. The Bertz CT molecular complexity index is 330. The molecule has 0 spiro atoms. The summed E-state index contributed by atoms with van der Waals surface area (Å²) in [4.78, 5) is 9.20. The van der Waals surface area contributed by atoms with Gasteiger partial charge in [0.25, 0.3) is 0 Å².